The van der Waals surface area contributed by atoms with Gasteiger partial charge >= 0.3 is 0 Å². The predicted octanol–water partition coefficient (Wildman–Crippen LogP) is 2.97. The number of piperazine rings is 1. The summed E-state index contributed by atoms with van der Waals surface area (Å²) in [5, 5.41) is 3.75. The van der Waals surface area contributed by atoms with Crippen molar-refractivity contribution in [3.63, 3.8) is 0 Å². The van der Waals surface area contributed by atoms with Crippen LogP contribution in [0.2, 0.25) is 0 Å². The molecule has 0 aromatic carbocycles. The van der Waals surface area contributed by atoms with Crippen molar-refractivity contribution >= 4 is 39.6 Å². The smallest absolute Gasteiger partial charge is 0.257 e. The number of pyridine rings is 3. The zero-order chi connectivity index (χ0) is 23.8. The Morgan fingerprint density at radius 2 is 1.83 bits per heavy atom. The van der Waals surface area contributed by atoms with E-state index < -0.39 is 0 Å². The molecule has 0 radical (unpaired) electrons. The quantitative estimate of drug-likeness (QED) is 0.416. The number of carbonyl (C=O) groups excluding carboxylic acids is 1. The molecule has 10 heteroatoms. The number of H-pyrrole nitrogens is 1. The average molecular weight is 466 g/mol. The normalized spacial score (nSPS) is 14.5. The molecule has 5 aromatic heterocycles. The number of nitrogens with one attached hydrogen (secondary N) is 2. The Morgan fingerprint density at radius 1 is 0.943 bits per heavy atom. The molecule has 6 heterocycles. The summed E-state index contributed by atoms with van der Waals surface area (Å²) in [7, 11) is 2.11. The maximum Gasteiger partial charge on any atom is 0.257 e. The van der Waals surface area contributed by atoms with Gasteiger partial charge in [-0.2, -0.15) is 0 Å². The van der Waals surface area contributed by atoms with Crippen molar-refractivity contribution in [3.05, 3.63) is 66.9 Å². The van der Waals surface area contributed by atoms with Crippen molar-refractivity contribution in [2.24, 2.45) is 0 Å². The van der Waals surface area contributed by atoms with Gasteiger partial charge in [-0.05, 0) is 37.4 Å². The first kappa shape index (κ1) is 21.1. The van der Waals surface area contributed by atoms with Crippen LogP contribution in [-0.4, -0.2) is 73.9 Å². The van der Waals surface area contributed by atoms with Crippen LogP contribution in [0, 0.1) is 0 Å². The summed E-state index contributed by atoms with van der Waals surface area (Å²) >= 11 is 0. The molecule has 6 rings (SSSR count). The van der Waals surface area contributed by atoms with Crippen molar-refractivity contribution in [1.82, 2.24) is 34.8 Å². The van der Waals surface area contributed by atoms with Gasteiger partial charge in [0.1, 0.15) is 17.2 Å². The molecule has 1 aliphatic heterocycles. The van der Waals surface area contributed by atoms with Gasteiger partial charge in [-0.25, -0.2) is 19.9 Å². The molecule has 10 nitrogen and oxygen atoms in total. The first-order valence-electron chi connectivity index (χ1n) is 11.4. The van der Waals surface area contributed by atoms with E-state index in [2.05, 4.69) is 52.1 Å². The third-order valence-electron chi connectivity index (χ3n) is 6.20. The van der Waals surface area contributed by atoms with Crippen LogP contribution in [0.5, 0.6) is 0 Å². The molecular formula is C25H23N9O. The Labute approximate surface area is 201 Å². The third-order valence-corrected chi connectivity index (χ3v) is 6.20. The maximum absolute atomic E-state index is 13.0. The van der Waals surface area contributed by atoms with Gasteiger partial charge in [0.15, 0.2) is 5.65 Å². The first-order valence-corrected chi connectivity index (χ1v) is 11.4. The summed E-state index contributed by atoms with van der Waals surface area (Å²) in [6, 6.07) is 9.21. The molecule has 1 amide bonds. The van der Waals surface area contributed by atoms with Crippen LogP contribution in [0.4, 0.5) is 11.6 Å². The molecular weight excluding hydrogens is 442 g/mol. The van der Waals surface area contributed by atoms with Gasteiger partial charge in [-0.15, -0.1) is 0 Å². The second-order valence-corrected chi connectivity index (χ2v) is 8.60. The summed E-state index contributed by atoms with van der Waals surface area (Å²) in [6.45, 7) is 3.72. The Kier molecular flexibility index (Phi) is 5.27. The van der Waals surface area contributed by atoms with E-state index in [0.717, 1.165) is 65.3 Å². The summed E-state index contributed by atoms with van der Waals surface area (Å²) in [6.07, 6.45) is 8.60. The monoisotopic (exact) mass is 465 g/mol. The Morgan fingerprint density at radius 3 is 2.71 bits per heavy atom. The fourth-order valence-corrected chi connectivity index (χ4v) is 4.17. The van der Waals surface area contributed by atoms with Gasteiger partial charge in [0.05, 0.1) is 23.6 Å². The van der Waals surface area contributed by atoms with Crippen LogP contribution < -0.4 is 10.2 Å². The van der Waals surface area contributed by atoms with Gasteiger partial charge in [0.2, 0.25) is 0 Å². The van der Waals surface area contributed by atoms with Crippen LogP contribution in [0.3, 0.4) is 0 Å². The Hall–Kier alpha value is -4.44. The second kappa shape index (κ2) is 8.73. The zero-order valence-electron chi connectivity index (χ0n) is 19.1. The number of aromatic nitrogens is 6. The van der Waals surface area contributed by atoms with E-state index in [-0.39, 0.29) is 5.91 Å². The van der Waals surface area contributed by atoms with Gasteiger partial charge < -0.3 is 20.1 Å². The Bertz CT molecular complexity index is 1540. The molecule has 1 saturated heterocycles. The maximum atomic E-state index is 13.0. The van der Waals surface area contributed by atoms with E-state index in [4.69, 9.17) is 0 Å². The van der Waals surface area contributed by atoms with Crippen molar-refractivity contribution in [3.8, 4) is 11.3 Å². The van der Waals surface area contributed by atoms with Crippen LogP contribution in [0.15, 0.2) is 61.3 Å². The molecule has 1 fully saturated rings. The molecule has 35 heavy (non-hydrogen) atoms. The number of likely N-dealkylation sites (N-methyl/N-ethyl adjacent to an activating group) is 1. The SMILES string of the molecule is CN1CCN(c2cc(C(=O)Nc3cc4cc(-c5cnc6[nH]ccc6n5)cnc4cn3)ccn2)CC1. The van der Waals surface area contributed by atoms with E-state index in [1.54, 1.807) is 30.9 Å². The number of nitrogens with zero attached hydrogens (tertiary/aromatic N) is 7. The molecule has 0 saturated carbocycles. The number of fused-ring (bicyclic) bond motifs is 2. The molecule has 5 aromatic rings. The van der Waals surface area contributed by atoms with Crippen LogP contribution in [-0.2, 0) is 0 Å². The predicted molar refractivity (Wildman–Crippen MR) is 134 cm³/mol. The summed E-state index contributed by atoms with van der Waals surface area (Å²) in [4.78, 5) is 42.9. The molecule has 0 spiro atoms. The minimum Gasteiger partial charge on any atom is -0.354 e. The number of amides is 1. The van der Waals surface area contributed by atoms with Crippen molar-refractivity contribution in [2.75, 3.05) is 43.4 Å². The van der Waals surface area contributed by atoms with Gasteiger partial charge in [-0.1, -0.05) is 0 Å². The minimum absolute atomic E-state index is 0.234. The fraction of sp³-hybridized carbons (Fsp3) is 0.200. The molecule has 2 N–H and O–H groups in total. The van der Waals surface area contributed by atoms with Crippen LogP contribution in [0.25, 0.3) is 33.3 Å². The summed E-state index contributed by atoms with van der Waals surface area (Å²) < 4.78 is 0. The Balaban J connectivity index is 1.24. The first-order chi connectivity index (χ1) is 17.1. The lowest BCUT2D eigenvalue weighted by molar-refractivity contribution is 0.102. The fourth-order valence-electron chi connectivity index (χ4n) is 4.17. The lowest BCUT2D eigenvalue weighted by Crippen LogP contribution is -2.44. The van der Waals surface area contributed by atoms with Crippen molar-refractivity contribution in [1.29, 1.82) is 0 Å². The molecule has 174 valence electrons. The number of hydrogen-bond acceptors (Lipinski definition) is 8. The molecule has 0 atom stereocenters. The number of aromatic amines is 1. The third kappa shape index (κ3) is 4.26. The topological polar surface area (TPSA) is 116 Å². The van der Waals surface area contributed by atoms with Gasteiger partial charge in [0.25, 0.3) is 5.91 Å². The van der Waals surface area contributed by atoms with Gasteiger partial charge in [0, 0.05) is 61.3 Å². The highest BCUT2D eigenvalue weighted by molar-refractivity contribution is 6.04. The van der Waals surface area contributed by atoms with E-state index in [1.165, 1.54) is 0 Å². The second-order valence-electron chi connectivity index (χ2n) is 8.60. The molecule has 0 unspecified atom stereocenters. The van der Waals surface area contributed by atoms with Crippen LogP contribution in [0.1, 0.15) is 10.4 Å². The van der Waals surface area contributed by atoms with Crippen LogP contribution >= 0.6 is 0 Å². The lowest BCUT2D eigenvalue weighted by Gasteiger charge is -2.33. The van der Waals surface area contributed by atoms with E-state index in [0.29, 0.717) is 11.4 Å². The average Bonchev–Trinajstić information content (AvgIpc) is 3.37. The van der Waals surface area contributed by atoms with E-state index >= 15 is 0 Å². The van der Waals surface area contributed by atoms with Crippen molar-refractivity contribution in [2.45, 2.75) is 0 Å². The highest BCUT2D eigenvalue weighted by Gasteiger charge is 2.17. The van der Waals surface area contributed by atoms with E-state index in [1.807, 2.05) is 30.5 Å². The summed E-state index contributed by atoms with van der Waals surface area (Å²) in [5.74, 6) is 1.03. The minimum atomic E-state index is -0.234. The number of anilines is 2. The highest BCUT2D eigenvalue weighted by atomic mass is 16.1. The number of carbonyl (C=O) groups is 1. The largest absolute Gasteiger partial charge is 0.354 e. The lowest BCUT2D eigenvalue weighted by atomic mass is 10.1. The molecule has 0 bridgehead atoms. The number of hydrogen-bond donors (Lipinski definition) is 2. The molecule has 1 aliphatic rings. The number of rotatable bonds is 4. The van der Waals surface area contributed by atoms with Crippen molar-refractivity contribution < 1.29 is 4.79 Å². The van der Waals surface area contributed by atoms with Gasteiger partial charge in [-0.3, -0.25) is 9.78 Å². The highest BCUT2D eigenvalue weighted by Crippen LogP contribution is 2.24. The molecule has 0 aliphatic carbocycles. The zero-order valence-corrected chi connectivity index (χ0v) is 19.1. The summed E-state index contributed by atoms with van der Waals surface area (Å²) in [5.41, 5.74) is 4.35. The van der Waals surface area contributed by atoms with E-state index in [9.17, 15) is 4.79 Å². The standard InChI is InChI=1S/C25H23N9O/c1-33-6-8-34(9-7-33)23-12-16(2-4-26-23)25(35)32-22-11-17-10-18(13-28-20(17)14-29-22)21-15-30-24-19(31-21)3-5-27-24/h2-5,10-15H,6-9H2,1H3,(H,27,30)(H,29,32,35).